The van der Waals surface area contributed by atoms with Gasteiger partial charge < -0.3 is 10.4 Å². The van der Waals surface area contributed by atoms with Gasteiger partial charge in [-0.05, 0) is 29.9 Å². The van der Waals surface area contributed by atoms with Crippen molar-refractivity contribution in [3.05, 3.63) is 52.8 Å². The fraction of sp³-hybridized carbons (Fsp3) is 0.421. The highest BCUT2D eigenvalue weighted by molar-refractivity contribution is 6.03. The second-order valence-electron chi connectivity index (χ2n) is 6.25. The Hall–Kier alpha value is -2.63. The lowest BCUT2D eigenvalue weighted by Gasteiger charge is -2.18. The highest BCUT2D eigenvalue weighted by Gasteiger charge is 2.23. The molecule has 0 bridgehead atoms. The van der Waals surface area contributed by atoms with Crippen LogP contribution in [0.5, 0.6) is 0 Å². The first-order chi connectivity index (χ1) is 11.9. The van der Waals surface area contributed by atoms with Crippen molar-refractivity contribution in [1.29, 1.82) is 0 Å². The van der Waals surface area contributed by atoms with Crippen LogP contribution in [0.2, 0.25) is 0 Å². The normalized spacial score (nSPS) is 13.3. The summed E-state index contributed by atoms with van der Waals surface area (Å²) in [5, 5.41) is 16.1. The molecule has 0 aliphatic rings. The molecule has 0 saturated carbocycles. The molecule has 1 heterocycles. The van der Waals surface area contributed by atoms with Crippen molar-refractivity contribution in [2.24, 2.45) is 7.05 Å². The van der Waals surface area contributed by atoms with Gasteiger partial charge in [-0.25, -0.2) is 4.79 Å². The maximum absolute atomic E-state index is 12.5. The molecule has 0 spiro atoms. The summed E-state index contributed by atoms with van der Waals surface area (Å²) in [6.45, 7) is 6.32. The lowest BCUT2D eigenvalue weighted by Crippen LogP contribution is -2.29. The number of nitrogens with zero attached hydrogens (tertiary/aromatic N) is 2. The summed E-state index contributed by atoms with van der Waals surface area (Å²) in [4.78, 5) is 23.8. The van der Waals surface area contributed by atoms with Gasteiger partial charge in [-0.15, -0.1) is 0 Å². The maximum Gasteiger partial charge on any atom is 0.354 e. The molecule has 2 N–H and O–H groups in total. The zero-order valence-electron chi connectivity index (χ0n) is 15.1. The standard InChI is InChI=1S/C19H25N3O3/c1-5-12(3)13-7-9-14(10-8-13)16(6-2)21-18(23)15-11-20-22(4)17(15)19(24)25/h7-12,16H,5-6H2,1-4H3,(H,21,23)(H,24,25). The first-order valence-corrected chi connectivity index (χ1v) is 8.55. The van der Waals surface area contributed by atoms with Crippen LogP contribution in [0.3, 0.4) is 0 Å². The number of hydrogen-bond acceptors (Lipinski definition) is 3. The van der Waals surface area contributed by atoms with Crippen molar-refractivity contribution in [3.8, 4) is 0 Å². The molecule has 2 rings (SSSR count). The molecule has 1 amide bonds. The molecule has 0 aliphatic heterocycles. The van der Waals surface area contributed by atoms with Crippen molar-refractivity contribution in [2.75, 3.05) is 0 Å². The van der Waals surface area contributed by atoms with Crippen molar-refractivity contribution in [1.82, 2.24) is 15.1 Å². The predicted octanol–water partition coefficient (Wildman–Crippen LogP) is 3.51. The third-order valence-electron chi connectivity index (χ3n) is 4.62. The largest absolute Gasteiger partial charge is 0.477 e. The van der Waals surface area contributed by atoms with Crippen LogP contribution in [-0.4, -0.2) is 26.8 Å². The molecule has 25 heavy (non-hydrogen) atoms. The lowest BCUT2D eigenvalue weighted by molar-refractivity contribution is 0.0678. The summed E-state index contributed by atoms with van der Waals surface area (Å²) in [7, 11) is 1.51. The van der Waals surface area contributed by atoms with Crippen molar-refractivity contribution >= 4 is 11.9 Å². The number of hydrogen-bond donors (Lipinski definition) is 2. The van der Waals surface area contributed by atoms with E-state index in [-0.39, 0.29) is 17.3 Å². The smallest absolute Gasteiger partial charge is 0.354 e. The summed E-state index contributed by atoms with van der Waals surface area (Å²) in [6, 6.07) is 8.05. The van der Waals surface area contributed by atoms with E-state index >= 15 is 0 Å². The van der Waals surface area contributed by atoms with Gasteiger partial charge in [-0.2, -0.15) is 5.10 Å². The quantitative estimate of drug-likeness (QED) is 0.806. The van der Waals surface area contributed by atoms with Crippen LogP contribution >= 0.6 is 0 Å². The number of carbonyl (C=O) groups excluding carboxylic acids is 1. The molecule has 2 atom stereocenters. The van der Waals surface area contributed by atoms with E-state index in [2.05, 4.69) is 36.4 Å². The molecule has 6 heteroatoms. The monoisotopic (exact) mass is 343 g/mol. The molecule has 2 unspecified atom stereocenters. The number of amides is 1. The molecule has 0 radical (unpaired) electrons. The number of carboxylic acids is 1. The topological polar surface area (TPSA) is 84.2 Å². The molecule has 6 nitrogen and oxygen atoms in total. The fourth-order valence-electron chi connectivity index (χ4n) is 2.81. The van der Waals surface area contributed by atoms with E-state index < -0.39 is 11.9 Å². The summed E-state index contributed by atoms with van der Waals surface area (Å²) in [5.74, 6) is -1.10. The summed E-state index contributed by atoms with van der Waals surface area (Å²) in [6.07, 6.45) is 3.07. The van der Waals surface area contributed by atoms with Gasteiger partial charge in [-0.1, -0.05) is 45.0 Å². The summed E-state index contributed by atoms with van der Waals surface area (Å²) >= 11 is 0. The minimum Gasteiger partial charge on any atom is -0.477 e. The van der Waals surface area contributed by atoms with E-state index in [1.807, 2.05) is 19.1 Å². The highest BCUT2D eigenvalue weighted by atomic mass is 16.4. The third-order valence-corrected chi connectivity index (χ3v) is 4.62. The Balaban J connectivity index is 2.19. The number of aryl methyl sites for hydroxylation is 1. The van der Waals surface area contributed by atoms with Gasteiger partial charge in [-0.3, -0.25) is 9.48 Å². The molecule has 2 aromatic rings. The second-order valence-corrected chi connectivity index (χ2v) is 6.25. The lowest BCUT2D eigenvalue weighted by atomic mass is 9.95. The Bertz CT molecular complexity index is 750. The molecule has 134 valence electrons. The van der Waals surface area contributed by atoms with Crippen LogP contribution in [0.25, 0.3) is 0 Å². The van der Waals surface area contributed by atoms with Crippen molar-refractivity contribution in [2.45, 2.75) is 45.6 Å². The molecular weight excluding hydrogens is 318 g/mol. The van der Waals surface area contributed by atoms with Gasteiger partial charge in [0.2, 0.25) is 0 Å². The number of carboxylic acid groups (broad SMARTS) is 1. The molecular formula is C19H25N3O3. The van der Waals surface area contributed by atoms with E-state index in [1.54, 1.807) is 0 Å². The van der Waals surface area contributed by atoms with Gasteiger partial charge >= 0.3 is 5.97 Å². The van der Waals surface area contributed by atoms with Crippen LogP contribution in [0.4, 0.5) is 0 Å². The Labute approximate surface area is 147 Å². The summed E-state index contributed by atoms with van der Waals surface area (Å²) < 4.78 is 1.19. The van der Waals surface area contributed by atoms with Gasteiger partial charge in [0.15, 0.2) is 5.69 Å². The molecule has 1 aromatic heterocycles. The number of aromatic nitrogens is 2. The van der Waals surface area contributed by atoms with Crippen LogP contribution < -0.4 is 5.32 Å². The molecule has 0 aliphatic carbocycles. The number of nitrogens with one attached hydrogen (secondary N) is 1. The Kier molecular flexibility index (Phi) is 5.96. The van der Waals surface area contributed by atoms with Gasteiger partial charge in [0.25, 0.3) is 5.91 Å². The number of carbonyl (C=O) groups is 2. The van der Waals surface area contributed by atoms with Crippen LogP contribution in [0.1, 0.15) is 77.5 Å². The Morgan fingerprint density at radius 3 is 2.28 bits per heavy atom. The number of aromatic carboxylic acids is 1. The first-order valence-electron chi connectivity index (χ1n) is 8.55. The zero-order valence-corrected chi connectivity index (χ0v) is 15.1. The number of benzene rings is 1. The molecule has 0 fully saturated rings. The predicted molar refractivity (Wildman–Crippen MR) is 95.8 cm³/mol. The van der Waals surface area contributed by atoms with E-state index in [1.165, 1.54) is 23.5 Å². The number of rotatable bonds is 7. The minimum atomic E-state index is -1.17. The highest BCUT2D eigenvalue weighted by Crippen LogP contribution is 2.23. The van der Waals surface area contributed by atoms with Crippen molar-refractivity contribution < 1.29 is 14.7 Å². The van der Waals surface area contributed by atoms with Crippen LogP contribution in [-0.2, 0) is 7.05 Å². The molecule has 1 aromatic carbocycles. The van der Waals surface area contributed by atoms with Crippen molar-refractivity contribution in [3.63, 3.8) is 0 Å². The van der Waals surface area contributed by atoms with E-state index in [0.29, 0.717) is 12.3 Å². The molecule has 0 saturated heterocycles. The van der Waals surface area contributed by atoms with Gasteiger partial charge in [0, 0.05) is 7.05 Å². The maximum atomic E-state index is 12.5. The fourth-order valence-corrected chi connectivity index (χ4v) is 2.81. The second kappa shape index (κ2) is 7.96. The zero-order chi connectivity index (χ0) is 18.6. The average Bonchev–Trinajstić information content (AvgIpc) is 3.01. The average molecular weight is 343 g/mol. The first kappa shape index (κ1) is 18.7. The minimum absolute atomic E-state index is 0.0738. The van der Waals surface area contributed by atoms with E-state index in [4.69, 9.17) is 0 Å². The van der Waals surface area contributed by atoms with Gasteiger partial charge in [0.05, 0.1) is 17.8 Å². The Morgan fingerprint density at radius 2 is 1.76 bits per heavy atom. The Morgan fingerprint density at radius 1 is 1.16 bits per heavy atom. The summed E-state index contributed by atoms with van der Waals surface area (Å²) in [5.41, 5.74) is 2.24. The van der Waals surface area contributed by atoms with Crippen LogP contribution in [0.15, 0.2) is 30.5 Å². The SMILES string of the molecule is CCC(C)c1ccc(C(CC)NC(=O)c2cnn(C)c2C(=O)O)cc1. The third kappa shape index (κ3) is 4.07. The van der Waals surface area contributed by atoms with Gasteiger partial charge in [0.1, 0.15) is 0 Å². The van der Waals surface area contributed by atoms with E-state index in [0.717, 1.165) is 12.0 Å². The van der Waals surface area contributed by atoms with Crippen LogP contribution in [0, 0.1) is 0 Å². The van der Waals surface area contributed by atoms with E-state index in [9.17, 15) is 14.7 Å².